The van der Waals surface area contributed by atoms with Crippen molar-refractivity contribution in [3.63, 3.8) is 0 Å². The smallest absolute Gasteiger partial charge is 0.330 e. The van der Waals surface area contributed by atoms with E-state index in [9.17, 15) is 4.79 Å². The highest BCUT2D eigenvalue weighted by Crippen LogP contribution is 2.12. The van der Waals surface area contributed by atoms with E-state index in [1.54, 1.807) is 0 Å². The summed E-state index contributed by atoms with van der Waals surface area (Å²) in [5.74, 6) is -0.0129. The van der Waals surface area contributed by atoms with Crippen molar-refractivity contribution >= 4 is 5.97 Å². The summed E-state index contributed by atoms with van der Waals surface area (Å²) in [4.78, 5) is 11.4. The molecular formula is C13H20O3. The molecule has 1 heterocycles. The molecule has 1 aliphatic rings. The Labute approximate surface area is 97.1 Å². The Balaban J connectivity index is 2.43. The summed E-state index contributed by atoms with van der Waals surface area (Å²) < 4.78 is 10.5. The number of hydrogen-bond donors (Lipinski definition) is 0. The highest BCUT2D eigenvalue weighted by Gasteiger charge is 2.14. The molecule has 3 nitrogen and oxygen atoms in total. The number of carbonyl (C=O) groups is 1. The van der Waals surface area contributed by atoms with E-state index < -0.39 is 5.60 Å². The summed E-state index contributed by atoms with van der Waals surface area (Å²) >= 11 is 0. The van der Waals surface area contributed by atoms with Crippen LogP contribution in [0.3, 0.4) is 0 Å². The van der Waals surface area contributed by atoms with Crippen LogP contribution in [0.1, 0.15) is 27.2 Å². The zero-order valence-electron chi connectivity index (χ0n) is 10.2. The van der Waals surface area contributed by atoms with Crippen LogP contribution in [0.15, 0.2) is 24.3 Å². The molecule has 0 fully saturated rings. The zero-order chi connectivity index (χ0) is 12.0. The summed E-state index contributed by atoms with van der Waals surface area (Å²) in [6.07, 6.45) is 8.34. The van der Waals surface area contributed by atoms with E-state index in [4.69, 9.17) is 9.47 Å². The molecule has 0 aromatic heterocycles. The minimum atomic E-state index is -0.427. The normalized spacial score (nSPS) is 22.1. The first-order valence-electron chi connectivity index (χ1n) is 5.63. The van der Waals surface area contributed by atoms with E-state index in [0.29, 0.717) is 6.61 Å². The zero-order valence-corrected chi connectivity index (χ0v) is 10.2. The fraction of sp³-hybridized carbons (Fsp3) is 0.615. The Bertz CT molecular complexity index is 284. The van der Waals surface area contributed by atoms with Gasteiger partial charge in [-0.1, -0.05) is 18.2 Å². The van der Waals surface area contributed by atoms with Crippen LogP contribution < -0.4 is 0 Å². The average Bonchev–Trinajstić information content (AvgIpc) is 2.39. The lowest BCUT2D eigenvalue weighted by atomic mass is 10.1. The van der Waals surface area contributed by atoms with Gasteiger partial charge in [-0.05, 0) is 33.1 Å². The number of ether oxygens (including phenoxy) is 2. The van der Waals surface area contributed by atoms with Gasteiger partial charge in [0.25, 0.3) is 0 Å². The Morgan fingerprint density at radius 1 is 1.50 bits per heavy atom. The summed E-state index contributed by atoms with van der Waals surface area (Å²) in [5.41, 5.74) is -0.427. The van der Waals surface area contributed by atoms with Crippen molar-refractivity contribution < 1.29 is 14.3 Å². The molecule has 0 N–H and O–H groups in total. The van der Waals surface area contributed by atoms with Gasteiger partial charge in [0.15, 0.2) is 0 Å². The van der Waals surface area contributed by atoms with Crippen LogP contribution in [-0.4, -0.2) is 24.8 Å². The third-order valence-electron chi connectivity index (χ3n) is 2.08. The molecule has 3 heteroatoms. The average molecular weight is 224 g/mol. The largest absolute Gasteiger partial charge is 0.457 e. The first-order valence-corrected chi connectivity index (χ1v) is 5.63. The first-order chi connectivity index (χ1) is 7.47. The minimum Gasteiger partial charge on any atom is -0.457 e. The van der Waals surface area contributed by atoms with Crippen molar-refractivity contribution in [2.75, 3.05) is 13.2 Å². The summed E-state index contributed by atoms with van der Waals surface area (Å²) in [5, 5.41) is 0. The lowest BCUT2D eigenvalue weighted by Crippen LogP contribution is -2.22. The number of hydrogen-bond acceptors (Lipinski definition) is 3. The van der Waals surface area contributed by atoms with Crippen molar-refractivity contribution in [3.8, 4) is 0 Å². The lowest BCUT2D eigenvalue weighted by Gasteiger charge is -2.18. The molecule has 0 amide bonds. The molecule has 90 valence electrons. The second kappa shape index (κ2) is 5.85. The topological polar surface area (TPSA) is 35.5 Å². The number of esters is 1. The Kier molecular flexibility index (Phi) is 4.74. The number of rotatable bonds is 2. The predicted octanol–water partition coefficient (Wildman–Crippen LogP) is 2.48. The molecule has 0 aromatic rings. The molecule has 0 saturated heterocycles. The van der Waals surface area contributed by atoms with Crippen LogP contribution in [0.5, 0.6) is 0 Å². The van der Waals surface area contributed by atoms with E-state index in [2.05, 4.69) is 6.08 Å². The molecular weight excluding hydrogens is 204 g/mol. The second-order valence-electron chi connectivity index (χ2n) is 4.85. The van der Waals surface area contributed by atoms with E-state index in [1.807, 2.05) is 32.9 Å². The molecule has 0 aliphatic carbocycles. The van der Waals surface area contributed by atoms with Gasteiger partial charge in [-0.3, -0.25) is 0 Å². The molecule has 0 aromatic carbocycles. The molecule has 1 unspecified atom stereocenters. The Morgan fingerprint density at radius 2 is 2.25 bits per heavy atom. The molecule has 0 spiro atoms. The van der Waals surface area contributed by atoms with E-state index in [0.717, 1.165) is 13.0 Å². The van der Waals surface area contributed by atoms with Crippen molar-refractivity contribution in [1.82, 2.24) is 0 Å². The second-order valence-corrected chi connectivity index (χ2v) is 4.85. The molecule has 1 rings (SSSR count). The molecule has 0 saturated carbocycles. The Morgan fingerprint density at radius 3 is 2.94 bits per heavy atom. The molecule has 0 radical (unpaired) electrons. The van der Waals surface area contributed by atoms with E-state index in [-0.39, 0.29) is 11.9 Å². The highest BCUT2D eigenvalue weighted by molar-refractivity contribution is 5.82. The van der Waals surface area contributed by atoms with Crippen LogP contribution in [-0.2, 0) is 14.3 Å². The van der Waals surface area contributed by atoms with E-state index >= 15 is 0 Å². The van der Waals surface area contributed by atoms with Gasteiger partial charge in [0.2, 0.25) is 0 Å². The van der Waals surface area contributed by atoms with Crippen LogP contribution in [0, 0.1) is 5.92 Å². The summed E-state index contributed by atoms with van der Waals surface area (Å²) in [7, 11) is 0. The quantitative estimate of drug-likeness (QED) is 0.410. The van der Waals surface area contributed by atoms with Gasteiger partial charge in [0.05, 0.1) is 6.61 Å². The minimum absolute atomic E-state index is 0.273. The number of allylic oxidation sites excluding steroid dienone is 2. The van der Waals surface area contributed by atoms with Crippen molar-refractivity contribution in [1.29, 1.82) is 0 Å². The van der Waals surface area contributed by atoms with Crippen molar-refractivity contribution in [2.45, 2.75) is 32.8 Å². The van der Waals surface area contributed by atoms with Gasteiger partial charge in [-0.15, -0.1) is 0 Å². The van der Waals surface area contributed by atoms with Gasteiger partial charge in [-0.25, -0.2) is 4.79 Å². The Hall–Kier alpha value is -1.09. The fourth-order valence-corrected chi connectivity index (χ4v) is 1.40. The van der Waals surface area contributed by atoms with Gasteiger partial charge in [0, 0.05) is 12.7 Å². The number of carbonyl (C=O) groups excluding carboxylic acids is 1. The third-order valence-corrected chi connectivity index (χ3v) is 2.08. The maximum Gasteiger partial charge on any atom is 0.330 e. The van der Waals surface area contributed by atoms with Crippen molar-refractivity contribution in [3.05, 3.63) is 24.3 Å². The van der Waals surface area contributed by atoms with Crippen LogP contribution >= 0.6 is 0 Å². The SMILES string of the molecule is CC(C)(C)OC(=O)C=CC1C=CCOCC1. The molecule has 1 atom stereocenters. The standard InChI is InChI=1S/C13H20O3/c1-13(2,3)16-12(14)7-6-11-5-4-9-15-10-8-11/h4-7,11H,8-10H2,1-3H3. The first kappa shape index (κ1) is 13.0. The molecule has 0 bridgehead atoms. The van der Waals surface area contributed by atoms with Crippen LogP contribution in [0.4, 0.5) is 0 Å². The molecule has 1 aliphatic heterocycles. The van der Waals surface area contributed by atoms with Gasteiger partial charge in [-0.2, -0.15) is 0 Å². The summed E-state index contributed by atoms with van der Waals surface area (Å²) in [6, 6.07) is 0. The predicted molar refractivity (Wildman–Crippen MR) is 63.1 cm³/mol. The maximum absolute atomic E-state index is 11.4. The van der Waals surface area contributed by atoms with Crippen LogP contribution in [0.2, 0.25) is 0 Å². The van der Waals surface area contributed by atoms with Gasteiger partial charge in [0.1, 0.15) is 5.60 Å². The summed E-state index contributed by atoms with van der Waals surface area (Å²) in [6.45, 7) is 6.97. The van der Waals surface area contributed by atoms with Gasteiger partial charge < -0.3 is 9.47 Å². The monoisotopic (exact) mass is 224 g/mol. The molecule has 16 heavy (non-hydrogen) atoms. The third kappa shape index (κ3) is 5.71. The fourth-order valence-electron chi connectivity index (χ4n) is 1.40. The van der Waals surface area contributed by atoms with Crippen molar-refractivity contribution in [2.24, 2.45) is 5.92 Å². The lowest BCUT2D eigenvalue weighted by molar-refractivity contribution is -0.148. The maximum atomic E-state index is 11.4. The van der Waals surface area contributed by atoms with Crippen LogP contribution in [0.25, 0.3) is 0 Å². The highest BCUT2D eigenvalue weighted by atomic mass is 16.6. The van der Waals surface area contributed by atoms with Gasteiger partial charge >= 0.3 is 5.97 Å². The van der Waals surface area contributed by atoms with E-state index in [1.165, 1.54) is 6.08 Å².